The van der Waals surface area contributed by atoms with Crippen molar-refractivity contribution in [2.45, 2.75) is 12.8 Å². The monoisotopic (exact) mass is 241 g/mol. The second-order valence-corrected chi connectivity index (χ2v) is 4.67. The normalized spacial score (nSPS) is 26.6. The molecule has 0 aromatic heterocycles. The minimum atomic E-state index is -0.289. The van der Waals surface area contributed by atoms with Crippen LogP contribution in [-0.2, 0) is 0 Å². The highest BCUT2D eigenvalue weighted by molar-refractivity contribution is 5.96. The predicted octanol–water partition coefficient (Wildman–Crippen LogP) is 2.76. The summed E-state index contributed by atoms with van der Waals surface area (Å²) < 4.78 is 0. The van der Waals surface area contributed by atoms with E-state index in [2.05, 4.69) is 28.0 Å². The first-order chi connectivity index (χ1) is 8.83. The van der Waals surface area contributed by atoms with Crippen LogP contribution >= 0.6 is 0 Å². The Balaban J connectivity index is 1.52. The Morgan fingerprint density at radius 2 is 2.11 bits per heavy atom. The highest BCUT2D eigenvalue weighted by atomic mass is 16.2. The zero-order valence-corrected chi connectivity index (χ0v) is 9.97. The van der Waals surface area contributed by atoms with Gasteiger partial charge in [-0.25, -0.2) is 10.2 Å². The maximum absolute atomic E-state index is 11.6. The van der Waals surface area contributed by atoms with E-state index >= 15 is 0 Å². The second kappa shape index (κ2) is 4.64. The number of carbonyl (C=O) groups excluding carboxylic acids is 1. The van der Waals surface area contributed by atoms with Gasteiger partial charge in [0, 0.05) is 17.3 Å². The molecular weight excluding hydrogens is 226 g/mol. The van der Waals surface area contributed by atoms with Crippen molar-refractivity contribution in [3.8, 4) is 0 Å². The van der Waals surface area contributed by atoms with E-state index in [1.54, 1.807) is 0 Å². The largest absolute Gasteiger partial charge is 0.339 e. The van der Waals surface area contributed by atoms with Crippen molar-refractivity contribution in [1.82, 2.24) is 5.43 Å². The van der Waals surface area contributed by atoms with Crippen molar-refractivity contribution in [2.24, 2.45) is 16.9 Å². The molecule has 0 aliphatic heterocycles. The molecule has 92 valence electrons. The molecular formula is C14H15N3O. The van der Waals surface area contributed by atoms with E-state index in [1.165, 1.54) is 0 Å². The third-order valence-corrected chi connectivity index (χ3v) is 3.50. The quantitative estimate of drug-likeness (QED) is 0.607. The number of fused-ring (bicyclic) bond motifs is 1. The number of hydrazone groups is 1. The minimum Gasteiger partial charge on any atom is -0.307 e. The lowest BCUT2D eigenvalue weighted by molar-refractivity contribution is 0.252. The van der Waals surface area contributed by atoms with Gasteiger partial charge in [-0.1, -0.05) is 30.4 Å². The molecule has 2 atom stereocenters. The molecule has 0 unspecified atom stereocenters. The SMILES string of the molecule is O=C(N/N=C1/C[C@H]2C=CC[C@@H]12)Nc1ccccc1. The summed E-state index contributed by atoms with van der Waals surface area (Å²) in [5, 5.41) is 6.92. The maximum Gasteiger partial charge on any atom is 0.339 e. The van der Waals surface area contributed by atoms with E-state index in [9.17, 15) is 4.79 Å². The van der Waals surface area contributed by atoms with E-state index in [1.807, 2.05) is 30.3 Å². The summed E-state index contributed by atoms with van der Waals surface area (Å²) in [5.74, 6) is 1.18. The van der Waals surface area contributed by atoms with Crippen LogP contribution in [0.25, 0.3) is 0 Å². The molecule has 2 amide bonds. The van der Waals surface area contributed by atoms with Gasteiger partial charge in [0.2, 0.25) is 0 Å². The number of allylic oxidation sites excluding steroid dienone is 2. The molecule has 2 N–H and O–H groups in total. The lowest BCUT2D eigenvalue weighted by Gasteiger charge is -2.31. The van der Waals surface area contributed by atoms with Gasteiger partial charge in [0.05, 0.1) is 0 Å². The second-order valence-electron chi connectivity index (χ2n) is 4.67. The van der Waals surface area contributed by atoms with E-state index in [-0.39, 0.29) is 6.03 Å². The predicted molar refractivity (Wildman–Crippen MR) is 71.4 cm³/mol. The first-order valence-corrected chi connectivity index (χ1v) is 6.18. The minimum absolute atomic E-state index is 0.289. The number of para-hydroxylation sites is 1. The highest BCUT2D eigenvalue weighted by Crippen LogP contribution is 2.39. The number of anilines is 1. The number of nitrogens with one attached hydrogen (secondary N) is 2. The van der Waals surface area contributed by atoms with Crippen LogP contribution in [0.4, 0.5) is 10.5 Å². The molecule has 1 fully saturated rings. The number of carbonyl (C=O) groups is 1. The lowest BCUT2D eigenvalue weighted by atomic mass is 9.74. The smallest absolute Gasteiger partial charge is 0.307 e. The first-order valence-electron chi connectivity index (χ1n) is 6.18. The van der Waals surface area contributed by atoms with Crippen molar-refractivity contribution < 1.29 is 4.79 Å². The van der Waals surface area contributed by atoms with Crippen LogP contribution in [0.5, 0.6) is 0 Å². The van der Waals surface area contributed by atoms with E-state index in [0.717, 1.165) is 24.2 Å². The molecule has 0 bridgehead atoms. The maximum atomic E-state index is 11.6. The molecule has 4 heteroatoms. The van der Waals surface area contributed by atoms with Crippen LogP contribution in [0.15, 0.2) is 47.6 Å². The fraction of sp³-hybridized carbons (Fsp3) is 0.286. The van der Waals surface area contributed by atoms with Crippen LogP contribution < -0.4 is 10.7 Å². The summed E-state index contributed by atoms with van der Waals surface area (Å²) in [5.41, 5.74) is 4.43. The van der Waals surface area contributed by atoms with Crippen molar-refractivity contribution >= 4 is 17.4 Å². The van der Waals surface area contributed by atoms with E-state index < -0.39 is 0 Å². The van der Waals surface area contributed by atoms with Gasteiger partial charge in [0.15, 0.2) is 0 Å². The van der Waals surface area contributed by atoms with Gasteiger partial charge in [-0.05, 0) is 30.9 Å². The summed E-state index contributed by atoms with van der Waals surface area (Å²) in [6.45, 7) is 0. The van der Waals surface area contributed by atoms with Gasteiger partial charge < -0.3 is 5.32 Å². The van der Waals surface area contributed by atoms with Crippen LogP contribution in [0, 0.1) is 11.8 Å². The van der Waals surface area contributed by atoms with Crippen molar-refractivity contribution in [1.29, 1.82) is 0 Å². The van der Waals surface area contributed by atoms with E-state index in [4.69, 9.17) is 0 Å². The summed E-state index contributed by atoms with van der Waals surface area (Å²) in [7, 11) is 0. The Hall–Kier alpha value is -2.10. The first kappa shape index (κ1) is 11.0. The van der Waals surface area contributed by atoms with Gasteiger partial charge >= 0.3 is 6.03 Å². The Kier molecular flexibility index (Phi) is 2.84. The number of benzene rings is 1. The molecule has 0 spiro atoms. The molecule has 0 heterocycles. The summed E-state index contributed by atoms with van der Waals surface area (Å²) in [6, 6.07) is 9.05. The number of urea groups is 1. The molecule has 4 nitrogen and oxygen atoms in total. The zero-order valence-electron chi connectivity index (χ0n) is 9.97. The average Bonchev–Trinajstić information content (AvgIpc) is 2.72. The number of hydrogen-bond donors (Lipinski definition) is 2. The molecule has 1 aromatic carbocycles. The van der Waals surface area contributed by atoms with E-state index in [0.29, 0.717) is 11.8 Å². The summed E-state index contributed by atoms with van der Waals surface area (Å²) >= 11 is 0. The summed E-state index contributed by atoms with van der Waals surface area (Å²) in [4.78, 5) is 11.6. The summed E-state index contributed by atoms with van der Waals surface area (Å²) in [6.07, 6.45) is 6.48. The molecule has 0 radical (unpaired) electrons. The molecule has 1 saturated carbocycles. The van der Waals surface area contributed by atoms with Crippen LogP contribution in [-0.4, -0.2) is 11.7 Å². The Bertz CT molecular complexity index is 507. The van der Waals surface area contributed by atoms with Gasteiger partial charge in [-0.3, -0.25) is 0 Å². The average molecular weight is 241 g/mol. The lowest BCUT2D eigenvalue weighted by Crippen LogP contribution is -2.36. The Labute approximate surface area is 106 Å². The molecule has 2 aliphatic carbocycles. The van der Waals surface area contributed by atoms with Crippen molar-refractivity contribution in [3.63, 3.8) is 0 Å². The number of hydrogen-bond acceptors (Lipinski definition) is 2. The third kappa shape index (κ3) is 2.14. The zero-order chi connectivity index (χ0) is 12.4. The van der Waals surface area contributed by atoms with Gasteiger partial charge in [0.25, 0.3) is 0 Å². The molecule has 1 aromatic rings. The van der Waals surface area contributed by atoms with Crippen molar-refractivity contribution in [2.75, 3.05) is 5.32 Å². The Morgan fingerprint density at radius 1 is 1.28 bits per heavy atom. The van der Waals surface area contributed by atoms with Crippen molar-refractivity contribution in [3.05, 3.63) is 42.5 Å². The molecule has 2 aliphatic rings. The fourth-order valence-corrected chi connectivity index (χ4v) is 2.47. The number of rotatable bonds is 2. The molecule has 0 saturated heterocycles. The van der Waals surface area contributed by atoms with Crippen LogP contribution in [0.3, 0.4) is 0 Å². The van der Waals surface area contributed by atoms with Crippen LogP contribution in [0.1, 0.15) is 12.8 Å². The van der Waals surface area contributed by atoms with Gasteiger partial charge in [0.1, 0.15) is 0 Å². The highest BCUT2D eigenvalue weighted by Gasteiger charge is 2.37. The fourth-order valence-electron chi connectivity index (χ4n) is 2.47. The third-order valence-electron chi connectivity index (χ3n) is 3.50. The van der Waals surface area contributed by atoms with Crippen LogP contribution in [0.2, 0.25) is 0 Å². The topological polar surface area (TPSA) is 53.5 Å². The van der Waals surface area contributed by atoms with Gasteiger partial charge in [-0.2, -0.15) is 5.10 Å². The standard InChI is InChI=1S/C14H15N3O/c18-14(15-11-6-2-1-3-7-11)17-16-13-9-10-5-4-8-12(10)13/h1-7,10,12H,8-9H2,(H2,15,17,18)/b16-13-/t10-,12-/m1/s1. The number of amides is 2. The number of nitrogens with zero attached hydrogens (tertiary/aromatic N) is 1. The molecule has 3 rings (SSSR count). The Morgan fingerprint density at radius 3 is 2.89 bits per heavy atom. The molecule has 18 heavy (non-hydrogen) atoms. The van der Waals surface area contributed by atoms with Gasteiger partial charge in [-0.15, -0.1) is 0 Å².